The molecule has 134 valence electrons. The molecule has 3 aliphatic rings. The SMILES string of the molecule is NC(C1CC1)[C@@H]1CC[C@H](N)[C@@H](O[C@H]2[C@H](O)[C@@H](O)[C@H](N)C[C@@H]2N)O1. The Balaban J connectivity index is 1.62. The fourth-order valence-corrected chi connectivity index (χ4v) is 3.66. The molecular weight excluding hydrogens is 300 g/mol. The lowest BCUT2D eigenvalue weighted by molar-refractivity contribution is -0.256. The van der Waals surface area contributed by atoms with E-state index in [1.165, 1.54) is 0 Å². The predicted molar refractivity (Wildman–Crippen MR) is 84.0 cm³/mol. The van der Waals surface area contributed by atoms with Crippen molar-refractivity contribution in [2.45, 2.75) is 87.0 Å². The molecule has 2 saturated carbocycles. The minimum atomic E-state index is -1.15. The number of nitrogens with two attached hydrogens (primary N) is 4. The third-order valence-electron chi connectivity index (χ3n) is 5.42. The van der Waals surface area contributed by atoms with Crippen LogP contribution in [0.15, 0.2) is 0 Å². The average Bonchev–Trinajstić information content (AvgIpc) is 3.35. The van der Waals surface area contributed by atoms with Crippen LogP contribution in [0.25, 0.3) is 0 Å². The van der Waals surface area contributed by atoms with Crippen molar-refractivity contribution in [1.29, 1.82) is 0 Å². The van der Waals surface area contributed by atoms with E-state index in [1.807, 2.05) is 0 Å². The van der Waals surface area contributed by atoms with E-state index in [0.29, 0.717) is 12.3 Å². The van der Waals surface area contributed by atoms with Gasteiger partial charge in [-0.3, -0.25) is 0 Å². The van der Waals surface area contributed by atoms with Gasteiger partial charge < -0.3 is 42.6 Å². The summed E-state index contributed by atoms with van der Waals surface area (Å²) in [6.07, 6.45) is 0.492. The first-order valence-corrected chi connectivity index (χ1v) is 8.58. The molecule has 0 amide bonds. The lowest BCUT2D eigenvalue weighted by Crippen LogP contribution is -2.64. The summed E-state index contributed by atoms with van der Waals surface area (Å²) in [7, 11) is 0. The topological polar surface area (TPSA) is 163 Å². The van der Waals surface area contributed by atoms with Crippen molar-refractivity contribution in [2.24, 2.45) is 28.9 Å². The second kappa shape index (κ2) is 6.89. The van der Waals surface area contributed by atoms with Crippen LogP contribution >= 0.6 is 0 Å². The molecule has 0 aromatic rings. The third kappa shape index (κ3) is 3.69. The lowest BCUT2D eigenvalue weighted by Gasteiger charge is -2.44. The monoisotopic (exact) mass is 330 g/mol. The fourth-order valence-electron chi connectivity index (χ4n) is 3.66. The van der Waals surface area contributed by atoms with E-state index >= 15 is 0 Å². The first-order chi connectivity index (χ1) is 10.9. The largest absolute Gasteiger partial charge is 0.389 e. The highest BCUT2D eigenvalue weighted by atomic mass is 16.7. The van der Waals surface area contributed by atoms with E-state index in [0.717, 1.165) is 25.7 Å². The van der Waals surface area contributed by atoms with Crippen LogP contribution in [0.4, 0.5) is 0 Å². The van der Waals surface area contributed by atoms with Crippen molar-refractivity contribution in [3.8, 4) is 0 Å². The summed E-state index contributed by atoms with van der Waals surface area (Å²) in [6, 6.07) is -1.34. The molecule has 0 aromatic carbocycles. The molecule has 8 nitrogen and oxygen atoms in total. The molecule has 10 N–H and O–H groups in total. The second-order valence-corrected chi connectivity index (χ2v) is 7.34. The van der Waals surface area contributed by atoms with E-state index in [2.05, 4.69) is 0 Å². The van der Waals surface area contributed by atoms with E-state index in [4.69, 9.17) is 32.4 Å². The summed E-state index contributed by atoms with van der Waals surface area (Å²) in [4.78, 5) is 0. The average molecular weight is 330 g/mol. The Kier molecular flexibility index (Phi) is 5.24. The molecule has 9 atom stereocenters. The summed E-state index contributed by atoms with van der Waals surface area (Å²) in [5.41, 5.74) is 24.1. The van der Waals surface area contributed by atoms with Crippen molar-refractivity contribution in [3.05, 3.63) is 0 Å². The Hall–Kier alpha value is -0.320. The maximum atomic E-state index is 10.2. The van der Waals surface area contributed by atoms with Gasteiger partial charge in [-0.05, 0) is 38.0 Å². The zero-order valence-corrected chi connectivity index (χ0v) is 13.3. The molecule has 1 heterocycles. The minimum Gasteiger partial charge on any atom is -0.389 e. The molecule has 0 aromatic heterocycles. The minimum absolute atomic E-state index is 0.00225. The lowest BCUT2D eigenvalue weighted by atomic mass is 9.84. The summed E-state index contributed by atoms with van der Waals surface area (Å²) in [5, 5.41) is 20.2. The van der Waals surface area contributed by atoms with Gasteiger partial charge in [-0.25, -0.2) is 0 Å². The molecular formula is C15H30N4O4. The van der Waals surface area contributed by atoms with Crippen molar-refractivity contribution in [2.75, 3.05) is 0 Å². The third-order valence-corrected chi connectivity index (χ3v) is 5.42. The van der Waals surface area contributed by atoms with Gasteiger partial charge in [-0.15, -0.1) is 0 Å². The van der Waals surface area contributed by atoms with Gasteiger partial charge in [0, 0.05) is 18.1 Å². The number of rotatable bonds is 4. The first-order valence-electron chi connectivity index (χ1n) is 8.58. The molecule has 0 radical (unpaired) electrons. The Labute approximate surface area is 136 Å². The number of aliphatic hydroxyl groups is 2. The van der Waals surface area contributed by atoms with Gasteiger partial charge >= 0.3 is 0 Å². The van der Waals surface area contributed by atoms with Gasteiger partial charge in [0.1, 0.15) is 12.2 Å². The Morgan fingerprint density at radius 1 is 0.913 bits per heavy atom. The molecule has 1 unspecified atom stereocenters. The van der Waals surface area contributed by atoms with Crippen molar-refractivity contribution >= 4 is 0 Å². The summed E-state index contributed by atoms with van der Waals surface area (Å²) < 4.78 is 11.8. The van der Waals surface area contributed by atoms with E-state index in [-0.39, 0.29) is 18.2 Å². The molecule has 3 rings (SSSR count). The maximum absolute atomic E-state index is 10.2. The summed E-state index contributed by atoms with van der Waals surface area (Å²) in [5.74, 6) is 0.525. The van der Waals surface area contributed by atoms with Crippen LogP contribution in [-0.2, 0) is 9.47 Å². The molecule has 23 heavy (non-hydrogen) atoms. The molecule has 3 fully saturated rings. The zero-order chi connectivity index (χ0) is 16.7. The Morgan fingerprint density at radius 3 is 2.26 bits per heavy atom. The van der Waals surface area contributed by atoms with Crippen LogP contribution in [0.3, 0.4) is 0 Å². The fraction of sp³-hybridized carbons (Fsp3) is 1.00. The van der Waals surface area contributed by atoms with Crippen LogP contribution in [-0.4, -0.2) is 65.1 Å². The van der Waals surface area contributed by atoms with Gasteiger partial charge in [-0.1, -0.05) is 0 Å². The normalized spacial score (nSPS) is 49.8. The quantitative estimate of drug-likeness (QED) is 0.336. The van der Waals surface area contributed by atoms with Crippen molar-refractivity contribution in [1.82, 2.24) is 0 Å². The number of hydrogen-bond donors (Lipinski definition) is 6. The molecule has 1 saturated heterocycles. The van der Waals surface area contributed by atoms with Crippen molar-refractivity contribution < 1.29 is 19.7 Å². The van der Waals surface area contributed by atoms with Crippen LogP contribution in [0.2, 0.25) is 0 Å². The Morgan fingerprint density at radius 2 is 1.61 bits per heavy atom. The van der Waals surface area contributed by atoms with Gasteiger partial charge in [0.2, 0.25) is 0 Å². The maximum Gasteiger partial charge on any atom is 0.173 e. The van der Waals surface area contributed by atoms with Gasteiger partial charge in [-0.2, -0.15) is 0 Å². The van der Waals surface area contributed by atoms with E-state index in [1.54, 1.807) is 0 Å². The number of aliphatic hydroxyl groups excluding tert-OH is 2. The molecule has 2 aliphatic carbocycles. The van der Waals surface area contributed by atoms with Crippen LogP contribution in [0.1, 0.15) is 32.1 Å². The highest BCUT2D eigenvalue weighted by Gasteiger charge is 2.45. The van der Waals surface area contributed by atoms with Crippen LogP contribution in [0, 0.1) is 5.92 Å². The zero-order valence-electron chi connectivity index (χ0n) is 13.3. The number of hydrogen-bond acceptors (Lipinski definition) is 8. The summed E-state index contributed by atoms with van der Waals surface area (Å²) in [6.45, 7) is 0. The highest BCUT2D eigenvalue weighted by molar-refractivity contribution is 4.98. The van der Waals surface area contributed by atoms with Gasteiger partial charge in [0.15, 0.2) is 6.29 Å². The highest BCUT2D eigenvalue weighted by Crippen LogP contribution is 2.36. The molecule has 8 heteroatoms. The number of ether oxygens (including phenoxy) is 2. The predicted octanol–water partition coefficient (Wildman–Crippen LogP) is -2.28. The summed E-state index contributed by atoms with van der Waals surface area (Å²) >= 11 is 0. The second-order valence-electron chi connectivity index (χ2n) is 7.34. The standard InChI is InChI=1S/C15H30N4O4/c16-7-3-4-10(11(19)6-1-2-6)22-15(7)23-14-9(18)5-8(17)12(20)13(14)21/h6-15,20-21H,1-5,16-19H2/t7-,8+,9-,10-,11?,12-,13+,14+,15+/m0/s1. The Bertz CT molecular complexity index is 411. The van der Waals surface area contributed by atoms with Gasteiger partial charge in [0.25, 0.3) is 0 Å². The first kappa shape index (κ1) is 17.5. The smallest absolute Gasteiger partial charge is 0.173 e. The molecule has 0 spiro atoms. The van der Waals surface area contributed by atoms with Crippen LogP contribution in [0.5, 0.6) is 0 Å². The van der Waals surface area contributed by atoms with Crippen LogP contribution < -0.4 is 22.9 Å². The molecule has 0 bridgehead atoms. The van der Waals surface area contributed by atoms with Gasteiger partial charge in [0.05, 0.1) is 18.2 Å². The molecule has 1 aliphatic heterocycles. The van der Waals surface area contributed by atoms with E-state index < -0.39 is 36.7 Å². The van der Waals surface area contributed by atoms with E-state index in [9.17, 15) is 10.2 Å². The van der Waals surface area contributed by atoms with Crippen molar-refractivity contribution in [3.63, 3.8) is 0 Å².